The number of rotatable bonds is 5. The van der Waals surface area contributed by atoms with Crippen LogP contribution in [-0.2, 0) is 0 Å². The normalized spacial score (nSPS) is 22.4. The van der Waals surface area contributed by atoms with Crippen molar-refractivity contribution < 1.29 is 5.11 Å². The van der Waals surface area contributed by atoms with Crippen LogP contribution in [0.1, 0.15) is 25.7 Å². The minimum Gasteiger partial charge on any atom is -0.393 e. The number of anilines is 3. The number of nitrogens with one attached hydrogen (secondary N) is 2. The van der Waals surface area contributed by atoms with Crippen LogP contribution in [0.3, 0.4) is 0 Å². The fraction of sp³-hybridized carbons (Fsp3) is 0.750. The van der Waals surface area contributed by atoms with Crippen LogP contribution < -0.4 is 21.5 Å². The number of aromatic nitrogens is 3. The van der Waals surface area contributed by atoms with Gasteiger partial charge in [0, 0.05) is 26.6 Å². The summed E-state index contributed by atoms with van der Waals surface area (Å²) in [5.74, 6) is 6.92. The molecule has 1 aliphatic rings. The molecule has 1 aliphatic carbocycles. The summed E-state index contributed by atoms with van der Waals surface area (Å²) in [5, 5.41) is 13.1. The van der Waals surface area contributed by atoms with E-state index in [2.05, 4.69) is 25.7 Å². The van der Waals surface area contributed by atoms with Crippen molar-refractivity contribution in [3.05, 3.63) is 0 Å². The molecule has 1 aromatic rings. The molecule has 0 aliphatic heterocycles. The summed E-state index contributed by atoms with van der Waals surface area (Å²) < 4.78 is 0. The van der Waals surface area contributed by atoms with E-state index in [1.807, 2.05) is 14.1 Å². The Balaban J connectivity index is 2.02. The van der Waals surface area contributed by atoms with Gasteiger partial charge < -0.3 is 15.3 Å². The van der Waals surface area contributed by atoms with Gasteiger partial charge in [0.1, 0.15) is 0 Å². The summed E-state index contributed by atoms with van der Waals surface area (Å²) in [4.78, 5) is 14.4. The highest BCUT2D eigenvalue weighted by atomic mass is 16.3. The predicted octanol–water partition coefficient (Wildman–Crippen LogP) is 0.186. The number of hydrogen-bond donors (Lipinski definition) is 4. The van der Waals surface area contributed by atoms with Gasteiger partial charge in [-0.2, -0.15) is 15.0 Å². The maximum absolute atomic E-state index is 9.96. The third-order valence-electron chi connectivity index (χ3n) is 3.54. The van der Waals surface area contributed by atoms with E-state index >= 15 is 0 Å². The van der Waals surface area contributed by atoms with Gasteiger partial charge in [0.2, 0.25) is 17.8 Å². The Morgan fingerprint density at radius 1 is 1.20 bits per heavy atom. The molecule has 0 aromatic carbocycles. The third kappa shape index (κ3) is 3.67. The van der Waals surface area contributed by atoms with Gasteiger partial charge in [-0.25, -0.2) is 5.84 Å². The number of aliphatic hydroxyl groups excluding tert-OH is 1. The maximum atomic E-state index is 9.96. The molecule has 2 rings (SSSR count). The van der Waals surface area contributed by atoms with Crippen LogP contribution >= 0.6 is 0 Å². The minimum atomic E-state index is -0.237. The summed E-state index contributed by atoms with van der Waals surface area (Å²) in [6.45, 7) is 0.655. The Morgan fingerprint density at radius 3 is 2.55 bits per heavy atom. The molecule has 2 unspecified atom stereocenters. The second-order valence-corrected chi connectivity index (χ2v) is 5.31. The van der Waals surface area contributed by atoms with Crippen LogP contribution in [0.2, 0.25) is 0 Å². The molecule has 112 valence electrons. The van der Waals surface area contributed by atoms with E-state index in [-0.39, 0.29) is 12.0 Å². The zero-order chi connectivity index (χ0) is 14.5. The fourth-order valence-corrected chi connectivity index (χ4v) is 2.36. The number of nitrogen functional groups attached to an aromatic ring is 1. The molecule has 0 bridgehead atoms. The number of hydrazine groups is 1. The average molecular weight is 281 g/mol. The zero-order valence-corrected chi connectivity index (χ0v) is 12.0. The topological polar surface area (TPSA) is 112 Å². The van der Waals surface area contributed by atoms with E-state index in [1.165, 1.54) is 6.42 Å². The summed E-state index contributed by atoms with van der Waals surface area (Å²) >= 11 is 0. The third-order valence-corrected chi connectivity index (χ3v) is 3.54. The lowest BCUT2D eigenvalue weighted by atomic mass is 9.86. The smallest absolute Gasteiger partial charge is 0.243 e. The molecular weight excluding hydrogens is 258 g/mol. The molecule has 2 atom stereocenters. The largest absolute Gasteiger partial charge is 0.393 e. The molecule has 1 fully saturated rings. The number of hydrogen-bond acceptors (Lipinski definition) is 8. The first kappa shape index (κ1) is 14.7. The summed E-state index contributed by atoms with van der Waals surface area (Å²) in [6, 6.07) is 0. The number of aliphatic hydroxyl groups is 1. The van der Waals surface area contributed by atoms with Crippen LogP contribution in [0, 0.1) is 5.92 Å². The molecule has 1 aromatic heterocycles. The number of nitrogens with two attached hydrogens (primary N) is 1. The second kappa shape index (κ2) is 6.67. The Labute approximate surface area is 118 Å². The molecule has 1 heterocycles. The van der Waals surface area contributed by atoms with Gasteiger partial charge in [-0.15, -0.1) is 0 Å². The van der Waals surface area contributed by atoms with Crippen molar-refractivity contribution in [2.24, 2.45) is 11.8 Å². The van der Waals surface area contributed by atoms with Gasteiger partial charge in [-0.1, -0.05) is 12.8 Å². The fourth-order valence-electron chi connectivity index (χ4n) is 2.36. The van der Waals surface area contributed by atoms with Crippen LogP contribution in [0.4, 0.5) is 17.8 Å². The van der Waals surface area contributed by atoms with Crippen LogP contribution in [0.15, 0.2) is 0 Å². The Hall–Kier alpha value is -1.67. The highest BCUT2D eigenvalue weighted by molar-refractivity contribution is 5.42. The molecule has 8 heteroatoms. The van der Waals surface area contributed by atoms with E-state index in [0.717, 1.165) is 19.3 Å². The molecule has 5 N–H and O–H groups in total. The van der Waals surface area contributed by atoms with Crippen molar-refractivity contribution in [1.29, 1.82) is 0 Å². The highest BCUT2D eigenvalue weighted by Gasteiger charge is 2.23. The van der Waals surface area contributed by atoms with Crippen LogP contribution in [-0.4, -0.2) is 46.8 Å². The first-order valence-electron chi connectivity index (χ1n) is 6.92. The monoisotopic (exact) mass is 281 g/mol. The van der Waals surface area contributed by atoms with E-state index in [9.17, 15) is 5.11 Å². The van der Waals surface area contributed by atoms with Gasteiger partial charge in [0.05, 0.1) is 6.10 Å². The van der Waals surface area contributed by atoms with E-state index in [4.69, 9.17) is 5.84 Å². The van der Waals surface area contributed by atoms with E-state index in [0.29, 0.717) is 24.4 Å². The molecule has 20 heavy (non-hydrogen) atoms. The Morgan fingerprint density at radius 2 is 1.90 bits per heavy atom. The predicted molar refractivity (Wildman–Crippen MR) is 78.4 cm³/mol. The Kier molecular flexibility index (Phi) is 4.91. The minimum absolute atomic E-state index is 0.237. The van der Waals surface area contributed by atoms with Gasteiger partial charge in [0.15, 0.2) is 0 Å². The van der Waals surface area contributed by atoms with E-state index < -0.39 is 0 Å². The summed E-state index contributed by atoms with van der Waals surface area (Å²) in [6.07, 6.45) is 3.94. The van der Waals surface area contributed by atoms with Crippen molar-refractivity contribution in [2.75, 3.05) is 36.3 Å². The quantitative estimate of drug-likeness (QED) is 0.447. The molecule has 0 spiro atoms. The molecule has 0 saturated heterocycles. The van der Waals surface area contributed by atoms with Gasteiger partial charge >= 0.3 is 0 Å². The van der Waals surface area contributed by atoms with Crippen molar-refractivity contribution in [1.82, 2.24) is 15.0 Å². The van der Waals surface area contributed by atoms with Gasteiger partial charge in [-0.05, 0) is 12.8 Å². The lowest BCUT2D eigenvalue weighted by Gasteiger charge is -2.27. The molecule has 1 saturated carbocycles. The van der Waals surface area contributed by atoms with Crippen LogP contribution in [0.25, 0.3) is 0 Å². The van der Waals surface area contributed by atoms with Crippen molar-refractivity contribution in [3.8, 4) is 0 Å². The van der Waals surface area contributed by atoms with Gasteiger partial charge in [-0.3, -0.25) is 5.43 Å². The van der Waals surface area contributed by atoms with Crippen LogP contribution in [0.5, 0.6) is 0 Å². The summed E-state index contributed by atoms with van der Waals surface area (Å²) in [5.41, 5.74) is 2.43. The lowest BCUT2D eigenvalue weighted by molar-refractivity contribution is 0.0762. The highest BCUT2D eigenvalue weighted by Crippen LogP contribution is 2.24. The molecule has 0 radical (unpaired) electrons. The lowest BCUT2D eigenvalue weighted by Crippen LogP contribution is -2.31. The van der Waals surface area contributed by atoms with Crippen molar-refractivity contribution >= 4 is 17.8 Å². The second-order valence-electron chi connectivity index (χ2n) is 5.31. The first-order chi connectivity index (χ1) is 9.60. The van der Waals surface area contributed by atoms with Crippen molar-refractivity contribution in [3.63, 3.8) is 0 Å². The maximum Gasteiger partial charge on any atom is 0.243 e. The molecular formula is C12H23N7O. The van der Waals surface area contributed by atoms with E-state index in [1.54, 1.807) is 4.90 Å². The summed E-state index contributed by atoms with van der Waals surface area (Å²) in [7, 11) is 3.70. The first-order valence-corrected chi connectivity index (χ1v) is 6.92. The standard InChI is InChI=1S/C12H23N7O/c1-19(2)12-16-10(15-11(17-12)18-13)14-7-8-5-3-4-6-9(8)20/h8-9,20H,3-7,13H2,1-2H3,(H2,14,15,16,17,18). The van der Waals surface area contributed by atoms with Crippen molar-refractivity contribution in [2.45, 2.75) is 31.8 Å². The zero-order valence-electron chi connectivity index (χ0n) is 12.0. The Bertz CT molecular complexity index is 440. The SMILES string of the molecule is CN(C)c1nc(NN)nc(NCC2CCCCC2O)n1. The van der Waals surface area contributed by atoms with Gasteiger partial charge in [0.25, 0.3) is 0 Å². The molecule has 0 amide bonds. The molecule has 8 nitrogen and oxygen atoms in total. The number of nitrogens with zero attached hydrogens (tertiary/aromatic N) is 4. The average Bonchev–Trinajstić information content (AvgIpc) is 2.46.